The van der Waals surface area contributed by atoms with Crippen molar-refractivity contribution >= 4 is 5.91 Å². The molecule has 1 amide bonds. The first kappa shape index (κ1) is 14.5. The van der Waals surface area contributed by atoms with Crippen LogP contribution in [0.1, 0.15) is 47.5 Å². The highest BCUT2D eigenvalue weighted by atomic mass is 16.1. The molecule has 3 N–H and O–H groups in total. The van der Waals surface area contributed by atoms with E-state index in [0.29, 0.717) is 11.8 Å². The molecule has 0 aliphatic heterocycles. The Morgan fingerprint density at radius 2 is 2.00 bits per heavy atom. The lowest BCUT2D eigenvalue weighted by molar-refractivity contribution is -0.132. The maximum atomic E-state index is 12.2. The molecule has 1 aliphatic carbocycles. The monoisotopic (exact) mass is 240 g/mol. The van der Waals surface area contributed by atoms with Crippen molar-refractivity contribution in [3.63, 3.8) is 0 Å². The number of carbonyl (C=O) groups is 1. The average Bonchev–Trinajstić information content (AvgIpc) is 2.23. The minimum Gasteiger partial charge on any atom is -0.356 e. The van der Waals surface area contributed by atoms with E-state index in [0.717, 1.165) is 19.4 Å². The Labute approximate surface area is 106 Å². The maximum absolute atomic E-state index is 12.2. The minimum atomic E-state index is -0.00126. The molecular formula is C14H28N2O. The van der Waals surface area contributed by atoms with E-state index in [9.17, 15) is 4.79 Å². The van der Waals surface area contributed by atoms with E-state index in [-0.39, 0.29) is 23.3 Å². The highest BCUT2D eigenvalue weighted by Gasteiger charge is 2.44. The molecule has 3 heteroatoms. The number of amides is 1. The van der Waals surface area contributed by atoms with Gasteiger partial charge < -0.3 is 11.1 Å². The van der Waals surface area contributed by atoms with E-state index in [4.69, 9.17) is 5.73 Å². The number of rotatable bonds is 3. The highest BCUT2D eigenvalue weighted by molar-refractivity contribution is 5.79. The highest BCUT2D eigenvalue weighted by Crippen LogP contribution is 2.44. The lowest BCUT2D eigenvalue weighted by Gasteiger charge is -2.46. The van der Waals surface area contributed by atoms with Crippen molar-refractivity contribution in [2.45, 2.75) is 53.5 Å². The lowest BCUT2D eigenvalue weighted by Crippen LogP contribution is -2.51. The van der Waals surface area contributed by atoms with Gasteiger partial charge in [-0.25, -0.2) is 0 Å². The lowest BCUT2D eigenvalue weighted by atomic mass is 9.61. The van der Waals surface area contributed by atoms with Crippen molar-refractivity contribution in [1.82, 2.24) is 5.32 Å². The smallest absolute Gasteiger partial charge is 0.223 e. The van der Waals surface area contributed by atoms with Gasteiger partial charge in [-0.1, -0.05) is 34.6 Å². The van der Waals surface area contributed by atoms with Crippen molar-refractivity contribution in [3.8, 4) is 0 Å². The van der Waals surface area contributed by atoms with Crippen LogP contribution >= 0.6 is 0 Å². The Balaban J connectivity index is 2.67. The van der Waals surface area contributed by atoms with Crippen molar-refractivity contribution in [1.29, 1.82) is 0 Å². The maximum Gasteiger partial charge on any atom is 0.223 e. The molecular weight excluding hydrogens is 212 g/mol. The van der Waals surface area contributed by atoms with Crippen molar-refractivity contribution in [2.24, 2.45) is 28.9 Å². The van der Waals surface area contributed by atoms with Gasteiger partial charge in [0, 0.05) is 18.5 Å². The second kappa shape index (κ2) is 5.38. The van der Waals surface area contributed by atoms with Crippen LogP contribution in [0.5, 0.6) is 0 Å². The SMILES string of the molecule is CC(C)CNC(=O)C1CCC(N)C(C)C1(C)C. The third-order valence-corrected chi connectivity index (χ3v) is 4.50. The van der Waals surface area contributed by atoms with Crippen LogP contribution in [0.3, 0.4) is 0 Å². The number of hydrogen-bond acceptors (Lipinski definition) is 2. The first-order chi connectivity index (χ1) is 7.76. The minimum absolute atomic E-state index is 0.00126. The molecule has 0 aromatic heterocycles. The summed E-state index contributed by atoms with van der Waals surface area (Å²) < 4.78 is 0. The average molecular weight is 240 g/mol. The topological polar surface area (TPSA) is 55.1 Å². The van der Waals surface area contributed by atoms with Gasteiger partial charge in [0.2, 0.25) is 5.91 Å². The zero-order valence-corrected chi connectivity index (χ0v) is 11.9. The predicted molar refractivity (Wildman–Crippen MR) is 71.5 cm³/mol. The van der Waals surface area contributed by atoms with E-state index in [2.05, 4.69) is 39.9 Å². The fourth-order valence-electron chi connectivity index (χ4n) is 2.75. The van der Waals surface area contributed by atoms with Crippen molar-refractivity contribution in [2.75, 3.05) is 6.54 Å². The normalized spacial score (nSPS) is 32.5. The molecule has 0 radical (unpaired) electrons. The summed E-state index contributed by atoms with van der Waals surface area (Å²) in [6.45, 7) is 11.5. The first-order valence-electron chi connectivity index (χ1n) is 6.80. The van der Waals surface area contributed by atoms with Gasteiger partial charge in [-0.2, -0.15) is 0 Å². The summed E-state index contributed by atoms with van der Waals surface area (Å²) in [5.74, 6) is 1.22. The molecule has 1 saturated carbocycles. The molecule has 0 bridgehead atoms. The summed E-state index contributed by atoms with van der Waals surface area (Å²) >= 11 is 0. The Morgan fingerprint density at radius 1 is 1.41 bits per heavy atom. The molecule has 3 unspecified atom stereocenters. The summed E-state index contributed by atoms with van der Waals surface area (Å²) in [6.07, 6.45) is 1.88. The van der Waals surface area contributed by atoms with Crippen LogP contribution in [0, 0.1) is 23.2 Å². The third-order valence-electron chi connectivity index (χ3n) is 4.50. The van der Waals surface area contributed by atoms with E-state index < -0.39 is 0 Å². The second-order valence-corrected chi connectivity index (χ2v) is 6.54. The Morgan fingerprint density at radius 3 is 2.53 bits per heavy atom. The molecule has 0 heterocycles. The molecule has 0 saturated heterocycles. The number of hydrogen-bond donors (Lipinski definition) is 2. The van der Waals surface area contributed by atoms with Gasteiger partial charge in [0.15, 0.2) is 0 Å². The van der Waals surface area contributed by atoms with E-state index in [1.807, 2.05) is 0 Å². The summed E-state index contributed by atoms with van der Waals surface area (Å²) in [4.78, 5) is 12.2. The van der Waals surface area contributed by atoms with Gasteiger partial charge in [-0.05, 0) is 30.1 Å². The molecule has 0 aromatic rings. The second-order valence-electron chi connectivity index (χ2n) is 6.54. The molecule has 3 atom stereocenters. The summed E-state index contributed by atoms with van der Waals surface area (Å²) in [6, 6.07) is 0.235. The molecule has 3 nitrogen and oxygen atoms in total. The van der Waals surface area contributed by atoms with Crippen molar-refractivity contribution in [3.05, 3.63) is 0 Å². The van der Waals surface area contributed by atoms with Gasteiger partial charge in [0.05, 0.1) is 0 Å². The van der Waals surface area contributed by atoms with Crippen LogP contribution in [0.15, 0.2) is 0 Å². The van der Waals surface area contributed by atoms with Gasteiger partial charge >= 0.3 is 0 Å². The zero-order valence-electron chi connectivity index (χ0n) is 11.9. The van der Waals surface area contributed by atoms with Crippen LogP contribution in [-0.2, 0) is 4.79 Å². The van der Waals surface area contributed by atoms with Gasteiger partial charge in [-0.15, -0.1) is 0 Å². The first-order valence-corrected chi connectivity index (χ1v) is 6.80. The fourth-order valence-corrected chi connectivity index (χ4v) is 2.75. The quantitative estimate of drug-likeness (QED) is 0.794. The molecule has 1 fully saturated rings. The van der Waals surface area contributed by atoms with Crippen LogP contribution in [-0.4, -0.2) is 18.5 Å². The van der Waals surface area contributed by atoms with Crippen LogP contribution in [0.2, 0.25) is 0 Å². The third kappa shape index (κ3) is 3.21. The van der Waals surface area contributed by atoms with Gasteiger partial charge in [-0.3, -0.25) is 4.79 Å². The Kier molecular flexibility index (Phi) is 4.59. The Hall–Kier alpha value is -0.570. The molecule has 1 rings (SSSR count). The van der Waals surface area contributed by atoms with E-state index in [1.54, 1.807) is 0 Å². The molecule has 0 spiro atoms. The van der Waals surface area contributed by atoms with E-state index in [1.165, 1.54) is 0 Å². The van der Waals surface area contributed by atoms with Crippen molar-refractivity contribution < 1.29 is 4.79 Å². The molecule has 1 aliphatic rings. The number of nitrogens with two attached hydrogens (primary N) is 1. The summed E-state index contributed by atoms with van der Waals surface area (Å²) in [7, 11) is 0. The summed E-state index contributed by atoms with van der Waals surface area (Å²) in [5, 5.41) is 3.06. The Bertz CT molecular complexity index is 273. The molecule has 100 valence electrons. The number of carbonyl (C=O) groups excluding carboxylic acids is 1. The molecule has 0 aromatic carbocycles. The van der Waals surface area contributed by atoms with Crippen LogP contribution in [0.4, 0.5) is 0 Å². The standard InChI is InChI=1S/C14H28N2O/c1-9(2)8-16-13(17)11-6-7-12(15)10(3)14(11,4)5/h9-12H,6-8,15H2,1-5H3,(H,16,17). The predicted octanol–water partition coefficient (Wildman–Crippen LogP) is 2.16. The van der Waals surface area contributed by atoms with Crippen LogP contribution < -0.4 is 11.1 Å². The van der Waals surface area contributed by atoms with E-state index >= 15 is 0 Å². The number of nitrogens with one attached hydrogen (secondary N) is 1. The summed E-state index contributed by atoms with van der Waals surface area (Å²) in [5.41, 5.74) is 6.11. The fraction of sp³-hybridized carbons (Fsp3) is 0.929. The molecule has 17 heavy (non-hydrogen) atoms. The zero-order chi connectivity index (χ0) is 13.2. The van der Waals surface area contributed by atoms with Crippen LogP contribution in [0.25, 0.3) is 0 Å². The largest absolute Gasteiger partial charge is 0.356 e. The van der Waals surface area contributed by atoms with Gasteiger partial charge in [0.25, 0.3) is 0 Å². The van der Waals surface area contributed by atoms with Gasteiger partial charge in [0.1, 0.15) is 0 Å².